The van der Waals surface area contributed by atoms with Crippen molar-refractivity contribution < 1.29 is 22.6 Å². The van der Waals surface area contributed by atoms with E-state index < -0.39 is 6.36 Å². The molecule has 0 bridgehead atoms. The van der Waals surface area contributed by atoms with Gasteiger partial charge in [-0.25, -0.2) is 0 Å². The predicted molar refractivity (Wildman–Crippen MR) is 58.0 cm³/mol. The van der Waals surface area contributed by atoms with Crippen LogP contribution >= 0.6 is 0 Å². The highest BCUT2D eigenvalue weighted by Gasteiger charge is 2.31. The van der Waals surface area contributed by atoms with Crippen molar-refractivity contribution in [1.82, 2.24) is 0 Å². The van der Waals surface area contributed by atoms with Crippen LogP contribution in [0.15, 0.2) is 18.2 Å². The highest BCUT2D eigenvalue weighted by Crippen LogP contribution is 2.30. The van der Waals surface area contributed by atoms with E-state index >= 15 is 0 Å². The fourth-order valence-electron chi connectivity index (χ4n) is 1.30. The number of hydrogen-bond donors (Lipinski definition) is 0. The standard InChI is InChI=1S/C12H14F3O2/c1-4-16-10-5-9(8(2)3)6-11(7-10)17-12(13,14)15/h5-7H,4H2,1-3H3. The Morgan fingerprint density at radius 2 is 1.71 bits per heavy atom. The van der Waals surface area contributed by atoms with Crippen molar-refractivity contribution in [3.63, 3.8) is 0 Å². The highest BCUT2D eigenvalue weighted by atomic mass is 19.4. The molecule has 0 aliphatic heterocycles. The van der Waals surface area contributed by atoms with Crippen LogP contribution in [-0.4, -0.2) is 13.0 Å². The Hall–Kier alpha value is -1.39. The van der Waals surface area contributed by atoms with E-state index in [1.54, 1.807) is 13.0 Å². The highest BCUT2D eigenvalue weighted by molar-refractivity contribution is 5.43. The van der Waals surface area contributed by atoms with E-state index in [-0.39, 0.29) is 5.75 Å². The number of alkyl halides is 3. The molecule has 1 aromatic rings. The van der Waals surface area contributed by atoms with Gasteiger partial charge in [-0.15, -0.1) is 13.2 Å². The molecule has 0 aliphatic rings. The van der Waals surface area contributed by atoms with Crippen molar-refractivity contribution in [3.8, 4) is 11.5 Å². The second-order valence-electron chi connectivity index (χ2n) is 3.67. The molecule has 1 aromatic carbocycles. The van der Waals surface area contributed by atoms with Crippen molar-refractivity contribution in [2.45, 2.75) is 27.1 Å². The number of rotatable bonds is 4. The lowest BCUT2D eigenvalue weighted by Gasteiger charge is -2.14. The van der Waals surface area contributed by atoms with Gasteiger partial charge in [0.15, 0.2) is 0 Å². The third kappa shape index (κ3) is 4.54. The summed E-state index contributed by atoms with van der Waals surface area (Å²) in [5.74, 6) is 0.990. The Morgan fingerprint density at radius 1 is 1.12 bits per heavy atom. The van der Waals surface area contributed by atoms with Crippen LogP contribution in [-0.2, 0) is 0 Å². The summed E-state index contributed by atoms with van der Waals surface area (Å²) in [6.45, 7) is 5.77. The first-order valence-corrected chi connectivity index (χ1v) is 5.16. The fraction of sp³-hybridized carbons (Fsp3) is 0.417. The lowest BCUT2D eigenvalue weighted by atomic mass is 10.0. The Labute approximate surface area is 98.3 Å². The second kappa shape index (κ2) is 5.29. The molecule has 0 saturated carbocycles. The van der Waals surface area contributed by atoms with E-state index in [9.17, 15) is 13.2 Å². The van der Waals surface area contributed by atoms with Crippen LogP contribution in [0.3, 0.4) is 0 Å². The Balaban J connectivity index is 3.03. The third-order valence-corrected chi connectivity index (χ3v) is 2.00. The van der Waals surface area contributed by atoms with Gasteiger partial charge in [0.25, 0.3) is 0 Å². The second-order valence-corrected chi connectivity index (χ2v) is 3.67. The smallest absolute Gasteiger partial charge is 0.494 e. The van der Waals surface area contributed by atoms with Gasteiger partial charge in [-0.1, -0.05) is 13.8 Å². The maximum absolute atomic E-state index is 12.1. The summed E-state index contributed by atoms with van der Waals surface area (Å²) in [5.41, 5.74) is 0.662. The summed E-state index contributed by atoms with van der Waals surface area (Å²) in [4.78, 5) is 0. The Morgan fingerprint density at radius 3 is 2.18 bits per heavy atom. The first kappa shape index (κ1) is 13.7. The molecule has 0 spiro atoms. The molecular weight excluding hydrogens is 233 g/mol. The molecule has 0 aromatic heterocycles. The minimum atomic E-state index is -4.69. The molecule has 0 saturated heterocycles. The van der Waals surface area contributed by atoms with Crippen molar-refractivity contribution in [3.05, 3.63) is 29.7 Å². The fourth-order valence-corrected chi connectivity index (χ4v) is 1.30. The molecule has 2 nitrogen and oxygen atoms in total. The van der Waals surface area contributed by atoms with E-state index in [4.69, 9.17) is 4.74 Å². The summed E-state index contributed by atoms with van der Waals surface area (Å²) in [6, 6.07) is 4.25. The molecule has 95 valence electrons. The van der Waals surface area contributed by atoms with Gasteiger partial charge in [0.2, 0.25) is 0 Å². The normalized spacial score (nSPS) is 11.7. The predicted octanol–water partition coefficient (Wildman–Crippen LogP) is 3.95. The van der Waals surface area contributed by atoms with Gasteiger partial charge in [-0.3, -0.25) is 0 Å². The van der Waals surface area contributed by atoms with Gasteiger partial charge >= 0.3 is 6.36 Å². The number of benzene rings is 1. The van der Waals surface area contributed by atoms with Crippen LogP contribution < -0.4 is 9.47 Å². The maximum Gasteiger partial charge on any atom is 0.573 e. The van der Waals surface area contributed by atoms with Crippen molar-refractivity contribution in [1.29, 1.82) is 0 Å². The van der Waals surface area contributed by atoms with Crippen molar-refractivity contribution in [2.24, 2.45) is 0 Å². The van der Waals surface area contributed by atoms with Crippen LogP contribution in [0.2, 0.25) is 0 Å². The zero-order valence-corrected chi connectivity index (χ0v) is 9.89. The van der Waals surface area contributed by atoms with Gasteiger partial charge in [0.1, 0.15) is 11.5 Å². The van der Waals surface area contributed by atoms with Gasteiger partial charge in [0.05, 0.1) is 6.61 Å². The first-order chi connectivity index (χ1) is 7.81. The zero-order valence-electron chi connectivity index (χ0n) is 9.89. The van der Waals surface area contributed by atoms with Crippen LogP contribution in [0.4, 0.5) is 13.2 Å². The van der Waals surface area contributed by atoms with Crippen LogP contribution in [0, 0.1) is 5.92 Å². The van der Waals surface area contributed by atoms with Crippen LogP contribution in [0.1, 0.15) is 26.3 Å². The minimum Gasteiger partial charge on any atom is -0.494 e. The largest absolute Gasteiger partial charge is 0.573 e. The Bertz CT molecular complexity index is 373. The SMILES string of the molecule is CCOc1cc(OC(F)(F)F)cc([C](C)C)c1. The molecule has 1 rings (SSSR count). The van der Waals surface area contributed by atoms with E-state index in [2.05, 4.69) is 4.74 Å². The molecule has 0 aliphatic carbocycles. The average molecular weight is 247 g/mol. The molecule has 17 heavy (non-hydrogen) atoms. The maximum atomic E-state index is 12.1. The molecule has 5 heteroatoms. The molecular formula is C12H14F3O2. The molecule has 0 amide bonds. The zero-order chi connectivity index (χ0) is 13.1. The van der Waals surface area contributed by atoms with Crippen molar-refractivity contribution in [2.75, 3.05) is 6.61 Å². The van der Waals surface area contributed by atoms with E-state index in [0.29, 0.717) is 17.9 Å². The average Bonchev–Trinajstić information content (AvgIpc) is 2.14. The summed E-state index contributed by atoms with van der Waals surface area (Å²) in [5, 5.41) is 0. The molecule has 0 unspecified atom stereocenters. The van der Waals surface area contributed by atoms with Crippen LogP contribution in [0.5, 0.6) is 11.5 Å². The summed E-state index contributed by atoms with van der Waals surface area (Å²) in [7, 11) is 0. The van der Waals surface area contributed by atoms with Gasteiger partial charge in [-0.05, 0) is 30.5 Å². The van der Waals surface area contributed by atoms with E-state index in [1.165, 1.54) is 12.1 Å². The summed E-state index contributed by atoms with van der Waals surface area (Å²) < 4.78 is 45.4. The first-order valence-electron chi connectivity index (χ1n) is 5.16. The molecule has 0 atom stereocenters. The summed E-state index contributed by atoms with van der Waals surface area (Å²) >= 11 is 0. The van der Waals surface area contributed by atoms with E-state index in [1.807, 2.05) is 13.8 Å². The Kier molecular flexibility index (Phi) is 4.26. The monoisotopic (exact) mass is 247 g/mol. The minimum absolute atomic E-state index is 0.264. The van der Waals surface area contributed by atoms with Gasteiger partial charge < -0.3 is 9.47 Å². The lowest BCUT2D eigenvalue weighted by molar-refractivity contribution is -0.274. The third-order valence-electron chi connectivity index (χ3n) is 2.00. The quantitative estimate of drug-likeness (QED) is 0.802. The summed E-state index contributed by atoms with van der Waals surface area (Å²) in [6.07, 6.45) is -4.69. The van der Waals surface area contributed by atoms with Gasteiger partial charge in [0, 0.05) is 6.07 Å². The topological polar surface area (TPSA) is 18.5 Å². The molecule has 0 N–H and O–H groups in total. The van der Waals surface area contributed by atoms with Crippen molar-refractivity contribution >= 4 is 0 Å². The number of halogens is 3. The van der Waals surface area contributed by atoms with E-state index in [0.717, 1.165) is 5.92 Å². The molecule has 0 fully saturated rings. The van der Waals surface area contributed by atoms with Gasteiger partial charge in [-0.2, -0.15) is 0 Å². The van der Waals surface area contributed by atoms with Crippen LogP contribution in [0.25, 0.3) is 0 Å². The lowest BCUT2D eigenvalue weighted by Crippen LogP contribution is -2.17. The number of hydrogen-bond acceptors (Lipinski definition) is 2. The molecule has 1 radical (unpaired) electrons. The molecule has 0 heterocycles. The number of ether oxygens (including phenoxy) is 2.